The Kier molecular flexibility index (Phi) is 6.98. The molecule has 130 valence electrons. The van der Waals surface area contributed by atoms with Gasteiger partial charge in [-0.2, -0.15) is 0 Å². The highest BCUT2D eigenvalue weighted by Gasteiger charge is 2.03. The van der Waals surface area contributed by atoms with Crippen LogP contribution in [0.3, 0.4) is 0 Å². The van der Waals surface area contributed by atoms with E-state index in [9.17, 15) is 0 Å². The first-order valence-electron chi connectivity index (χ1n) is 8.79. The molecule has 0 aromatic heterocycles. The van der Waals surface area contributed by atoms with Crippen LogP contribution in [0.4, 0.5) is 5.69 Å². The van der Waals surface area contributed by atoms with Crippen LogP contribution in [0.15, 0.2) is 48.5 Å². The number of hydrogen-bond acceptors (Lipinski definition) is 3. The van der Waals surface area contributed by atoms with Gasteiger partial charge in [-0.1, -0.05) is 39.0 Å². The zero-order valence-electron chi connectivity index (χ0n) is 15.2. The average molecular weight is 327 g/mol. The molecule has 1 atom stereocenters. The summed E-state index contributed by atoms with van der Waals surface area (Å²) in [5.74, 6) is 2.36. The van der Waals surface area contributed by atoms with E-state index in [1.54, 1.807) is 0 Å². The third-order valence-corrected chi connectivity index (χ3v) is 3.72. The van der Waals surface area contributed by atoms with Gasteiger partial charge in [0.2, 0.25) is 0 Å². The Morgan fingerprint density at radius 1 is 0.958 bits per heavy atom. The van der Waals surface area contributed by atoms with Crippen molar-refractivity contribution in [1.29, 1.82) is 0 Å². The van der Waals surface area contributed by atoms with Crippen LogP contribution in [0, 0.1) is 5.92 Å². The lowest BCUT2D eigenvalue weighted by Gasteiger charge is -2.14. The Bertz CT molecular complexity index is 625. The minimum Gasteiger partial charge on any atom is -0.493 e. The molecule has 0 fully saturated rings. The monoisotopic (exact) mass is 327 g/mol. The standard InChI is InChI=1S/C21H29NO2/c1-5-17(4)24-21-11-7-9-19(13-21)22-14-18-8-6-10-20(12-18)23-15-16(2)3/h6-13,16-17,22H,5,14-15H2,1-4H3. The van der Waals surface area contributed by atoms with E-state index in [1.807, 2.05) is 30.3 Å². The second kappa shape index (κ2) is 9.21. The zero-order valence-corrected chi connectivity index (χ0v) is 15.2. The van der Waals surface area contributed by atoms with Gasteiger partial charge in [0.25, 0.3) is 0 Å². The number of rotatable bonds is 9. The molecule has 1 N–H and O–H groups in total. The van der Waals surface area contributed by atoms with Crippen LogP contribution >= 0.6 is 0 Å². The number of ether oxygens (including phenoxy) is 2. The van der Waals surface area contributed by atoms with Crippen molar-refractivity contribution in [3.8, 4) is 11.5 Å². The number of hydrogen-bond donors (Lipinski definition) is 1. The Balaban J connectivity index is 1.93. The maximum Gasteiger partial charge on any atom is 0.121 e. The summed E-state index contributed by atoms with van der Waals surface area (Å²) >= 11 is 0. The van der Waals surface area contributed by atoms with Crippen molar-refractivity contribution in [3.63, 3.8) is 0 Å². The molecule has 24 heavy (non-hydrogen) atoms. The van der Waals surface area contributed by atoms with E-state index < -0.39 is 0 Å². The largest absolute Gasteiger partial charge is 0.493 e. The van der Waals surface area contributed by atoms with Crippen LogP contribution in [-0.4, -0.2) is 12.7 Å². The van der Waals surface area contributed by atoms with E-state index in [0.717, 1.165) is 36.8 Å². The molecule has 0 aliphatic heterocycles. The third-order valence-electron chi connectivity index (χ3n) is 3.72. The lowest BCUT2D eigenvalue weighted by molar-refractivity contribution is 0.217. The van der Waals surface area contributed by atoms with Gasteiger partial charge >= 0.3 is 0 Å². The van der Waals surface area contributed by atoms with Crippen molar-refractivity contribution in [2.45, 2.75) is 46.8 Å². The molecule has 0 heterocycles. The first-order chi connectivity index (χ1) is 11.6. The number of anilines is 1. The molecular weight excluding hydrogens is 298 g/mol. The Morgan fingerprint density at radius 3 is 2.46 bits per heavy atom. The average Bonchev–Trinajstić information content (AvgIpc) is 2.59. The fourth-order valence-electron chi connectivity index (χ4n) is 2.21. The van der Waals surface area contributed by atoms with Crippen LogP contribution in [0.25, 0.3) is 0 Å². The molecule has 2 aromatic carbocycles. The first-order valence-corrected chi connectivity index (χ1v) is 8.79. The topological polar surface area (TPSA) is 30.5 Å². The van der Waals surface area contributed by atoms with Gasteiger partial charge in [-0.25, -0.2) is 0 Å². The zero-order chi connectivity index (χ0) is 17.4. The molecule has 1 unspecified atom stereocenters. The predicted octanol–water partition coefficient (Wildman–Crippen LogP) is 5.51. The molecule has 3 nitrogen and oxygen atoms in total. The van der Waals surface area contributed by atoms with Crippen LogP contribution in [0.2, 0.25) is 0 Å². The summed E-state index contributed by atoms with van der Waals surface area (Å²) < 4.78 is 11.7. The maximum absolute atomic E-state index is 5.87. The predicted molar refractivity (Wildman–Crippen MR) is 101 cm³/mol. The van der Waals surface area contributed by atoms with Gasteiger partial charge in [-0.15, -0.1) is 0 Å². The smallest absolute Gasteiger partial charge is 0.121 e. The van der Waals surface area contributed by atoms with Gasteiger partial charge in [-0.05, 0) is 49.1 Å². The van der Waals surface area contributed by atoms with Gasteiger partial charge in [-0.3, -0.25) is 0 Å². The fourth-order valence-corrected chi connectivity index (χ4v) is 2.21. The van der Waals surface area contributed by atoms with E-state index in [1.165, 1.54) is 5.56 Å². The summed E-state index contributed by atoms with van der Waals surface area (Å²) in [7, 11) is 0. The molecule has 2 aromatic rings. The number of nitrogens with one attached hydrogen (secondary N) is 1. The van der Waals surface area contributed by atoms with Crippen LogP contribution in [0.5, 0.6) is 11.5 Å². The molecule has 0 aliphatic carbocycles. The first kappa shape index (κ1) is 18.2. The molecule has 3 heteroatoms. The van der Waals surface area contributed by atoms with E-state index in [4.69, 9.17) is 9.47 Å². The highest BCUT2D eigenvalue weighted by Crippen LogP contribution is 2.21. The molecule has 0 aliphatic rings. The van der Waals surface area contributed by atoms with Crippen molar-refractivity contribution in [1.82, 2.24) is 0 Å². The van der Waals surface area contributed by atoms with Crippen LogP contribution in [-0.2, 0) is 6.54 Å². The normalized spacial score (nSPS) is 12.0. The lowest BCUT2D eigenvalue weighted by Crippen LogP contribution is -2.09. The second-order valence-corrected chi connectivity index (χ2v) is 6.57. The highest BCUT2D eigenvalue weighted by atomic mass is 16.5. The molecule has 2 rings (SSSR count). The van der Waals surface area contributed by atoms with Gasteiger partial charge in [0.15, 0.2) is 0 Å². The SMILES string of the molecule is CCC(C)Oc1cccc(NCc2cccc(OCC(C)C)c2)c1. The Labute approximate surface area is 146 Å². The van der Waals surface area contributed by atoms with Gasteiger partial charge in [0.1, 0.15) is 11.5 Å². The molecule has 0 saturated carbocycles. The third kappa shape index (κ3) is 6.15. The summed E-state index contributed by atoms with van der Waals surface area (Å²) in [5, 5.41) is 3.45. The van der Waals surface area contributed by atoms with E-state index in [-0.39, 0.29) is 6.10 Å². The van der Waals surface area contributed by atoms with Crippen molar-refractivity contribution < 1.29 is 9.47 Å². The molecular formula is C21H29NO2. The quantitative estimate of drug-likeness (QED) is 0.658. The lowest BCUT2D eigenvalue weighted by atomic mass is 10.2. The summed E-state index contributed by atoms with van der Waals surface area (Å²) in [6.45, 7) is 10.0. The minimum absolute atomic E-state index is 0.232. The number of benzene rings is 2. The molecule has 0 saturated heterocycles. The van der Waals surface area contributed by atoms with Gasteiger partial charge in [0.05, 0.1) is 12.7 Å². The van der Waals surface area contributed by atoms with Gasteiger partial charge in [0, 0.05) is 18.3 Å². The summed E-state index contributed by atoms with van der Waals surface area (Å²) in [5.41, 5.74) is 2.26. The van der Waals surface area contributed by atoms with E-state index >= 15 is 0 Å². The Hall–Kier alpha value is -2.16. The maximum atomic E-state index is 5.87. The van der Waals surface area contributed by atoms with Crippen LogP contribution < -0.4 is 14.8 Å². The van der Waals surface area contributed by atoms with Crippen molar-refractivity contribution in [3.05, 3.63) is 54.1 Å². The Morgan fingerprint density at radius 2 is 1.71 bits per heavy atom. The van der Waals surface area contributed by atoms with Crippen LogP contribution in [0.1, 0.15) is 39.7 Å². The van der Waals surface area contributed by atoms with Crippen molar-refractivity contribution >= 4 is 5.69 Å². The van der Waals surface area contributed by atoms with E-state index in [2.05, 4.69) is 51.2 Å². The second-order valence-electron chi connectivity index (χ2n) is 6.57. The van der Waals surface area contributed by atoms with Gasteiger partial charge < -0.3 is 14.8 Å². The van der Waals surface area contributed by atoms with Crippen molar-refractivity contribution in [2.75, 3.05) is 11.9 Å². The minimum atomic E-state index is 0.232. The molecule has 0 bridgehead atoms. The molecule has 0 spiro atoms. The molecule has 0 amide bonds. The molecule has 0 radical (unpaired) electrons. The summed E-state index contributed by atoms with van der Waals surface area (Å²) in [6.07, 6.45) is 1.23. The van der Waals surface area contributed by atoms with E-state index in [0.29, 0.717) is 5.92 Å². The fraction of sp³-hybridized carbons (Fsp3) is 0.429. The summed E-state index contributed by atoms with van der Waals surface area (Å²) in [6, 6.07) is 16.4. The highest BCUT2D eigenvalue weighted by molar-refractivity contribution is 5.48. The van der Waals surface area contributed by atoms with Crippen molar-refractivity contribution in [2.24, 2.45) is 5.92 Å². The summed E-state index contributed by atoms with van der Waals surface area (Å²) in [4.78, 5) is 0.